The molecule has 0 fully saturated rings. The van der Waals surface area contributed by atoms with Crippen molar-refractivity contribution in [3.05, 3.63) is 65.0 Å². The molecule has 1 amide bonds. The number of imidazole rings is 1. The summed E-state index contributed by atoms with van der Waals surface area (Å²) in [5, 5.41) is 2.90. The molecule has 0 spiro atoms. The molecule has 0 aliphatic rings. The van der Waals surface area contributed by atoms with Crippen LogP contribution in [0.2, 0.25) is 0 Å². The third-order valence-corrected chi connectivity index (χ3v) is 3.34. The van der Waals surface area contributed by atoms with Gasteiger partial charge in [-0.05, 0) is 38.1 Å². The topological polar surface area (TPSA) is 57.8 Å². The minimum Gasteiger partial charge on any atom is -0.345 e. The summed E-state index contributed by atoms with van der Waals surface area (Å²) in [4.78, 5) is 19.8. The molecule has 4 heteroatoms. The van der Waals surface area contributed by atoms with Crippen molar-refractivity contribution >= 4 is 16.9 Å². The molecule has 3 aromatic rings. The van der Waals surface area contributed by atoms with Crippen LogP contribution in [0.1, 0.15) is 27.3 Å². The summed E-state index contributed by atoms with van der Waals surface area (Å²) in [5.41, 5.74) is 4.75. The van der Waals surface area contributed by atoms with Crippen molar-refractivity contribution in [2.75, 3.05) is 0 Å². The summed E-state index contributed by atoms with van der Waals surface area (Å²) >= 11 is 0. The Bertz CT molecular complexity index is 751. The Balaban J connectivity index is 1.73. The van der Waals surface area contributed by atoms with Gasteiger partial charge in [-0.2, -0.15) is 0 Å². The highest BCUT2D eigenvalue weighted by Gasteiger charge is 2.08. The molecule has 0 radical (unpaired) electrons. The summed E-state index contributed by atoms with van der Waals surface area (Å²) in [7, 11) is 0. The maximum absolute atomic E-state index is 12.2. The fraction of sp³-hybridized carbons (Fsp3) is 0.176. The second-order valence-electron chi connectivity index (χ2n) is 5.26. The molecule has 3 rings (SSSR count). The monoisotopic (exact) mass is 279 g/mol. The number of aryl methyl sites for hydroxylation is 2. The third-order valence-electron chi connectivity index (χ3n) is 3.34. The van der Waals surface area contributed by atoms with E-state index in [-0.39, 0.29) is 5.91 Å². The van der Waals surface area contributed by atoms with Crippen LogP contribution < -0.4 is 5.32 Å². The van der Waals surface area contributed by atoms with Gasteiger partial charge in [0.2, 0.25) is 0 Å². The molecule has 0 unspecified atom stereocenters. The van der Waals surface area contributed by atoms with E-state index in [1.807, 2.05) is 50.2 Å². The molecule has 0 aliphatic heterocycles. The Morgan fingerprint density at radius 3 is 2.57 bits per heavy atom. The number of aromatic nitrogens is 2. The van der Waals surface area contributed by atoms with Crippen molar-refractivity contribution in [3.8, 4) is 0 Å². The van der Waals surface area contributed by atoms with Gasteiger partial charge in [0.25, 0.3) is 5.91 Å². The highest BCUT2D eigenvalue weighted by Crippen LogP contribution is 2.11. The van der Waals surface area contributed by atoms with E-state index in [1.165, 1.54) is 0 Å². The number of hydrogen-bond acceptors (Lipinski definition) is 2. The predicted octanol–water partition coefficient (Wildman–Crippen LogP) is 3.11. The predicted molar refractivity (Wildman–Crippen MR) is 83.2 cm³/mol. The molecule has 0 saturated carbocycles. The maximum atomic E-state index is 12.2. The van der Waals surface area contributed by atoms with Gasteiger partial charge in [0.1, 0.15) is 5.82 Å². The van der Waals surface area contributed by atoms with Crippen LogP contribution in [0.5, 0.6) is 0 Å². The van der Waals surface area contributed by atoms with Crippen molar-refractivity contribution in [2.24, 2.45) is 0 Å². The Labute approximate surface area is 123 Å². The first-order valence-corrected chi connectivity index (χ1v) is 6.92. The smallest absolute Gasteiger partial charge is 0.251 e. The van der Waals surface area contributed by atoms with Gasteiger partial charge in [0.05, 0.1) is 17.6 Å². The zero-order chi connectivity index (χ0) is 14.8. The fourth-order valence-electron chi connectivity index (χ4n) is 2.46. The first-order valence-electron chi connectivity index (χ1n) is 6.92. The molecule has 1 heterocycles. The number of amides is 1. The van der Waals surface area contributed by atoms with Gasteiger partial charge < -0.3 is 10.3 Å². The first-order chi connectivity index (χ1) is 10.1. The zero-order valence-corrected chi connectivity index (χ0v) is 12.1. The lowest BCUT2D eigenvalue weighted by atomic mass is 10.1. The average Bonchev–Trinajstić information content (AvgIpc) is 2.86. The van der Waals surface area contributed by atoms with Crippen LogP contribution in [0.3, 0.4) is 0 Å². The van der Waals surface area contributed by atoms with E-state index in [0.717, 1.165) is 28.0 Å². The fourth-order valence-corrected chi connectivity index (χ4v) is 2.46. The van der Waals surface area contributed by atoms with E-state index >= 15 is 0 Å². The van der Waals surface area contributed by atoms with Crippen LogP contribution in [0, 0.1) is 13.8 Å². The van der Waals surface area contributed by atoms with Gasteiger partial charge >= 0.3 is 0 Å². The number of nitrogens with one attached hydrogen (secondary N) is 2. The Kier molecular flexibility index (Phi) is 3.44. The number of benzene rings is 2. The molecule has 1 aromatic heterocycles. The van der Waals surface area contributed by atoms with Crippen LogP contribution in [-0.4, -0.2) is 15.9 Å². The lowest BCUT2D eigenvalue weighted by Gasteiger charge is -2.05. The van der Waals surface area contributed by atoms with Gasteiger partial charge in [-0.25, -0.2) is 4.98 Å². The Morgan fingerprint density at radius 1 is 1.14 bits per heavy atom. The molecule has 0 bridgehead atoms. The molecule has 2 aromatic carbocycles. The summed E-state index contributed by atoms with van der Waals surface area (Å²) in [6.45, 7) is 4.37. The largest absolute Gasteiger partial charge is 0.345 e. The Morgan fingerprint density at radius 2 is 1.86 bits per heavy atom. The molecular weight excluding hydrogens is 262 g/mol. The first kappa shape index (κ1) is 13.4. The van der Waals surface area contributed by atoms with Gasteiger partial charge in [-0.3, -0.25) is 4.79 Å². The molecule has 4 nitrogen and oxygen atoms in total. The van der Waals surface area contributed by atoms with E-state index in [9.17, 15) is 4.79 Å². The number of fused-ring (bicyclic) bond motifs is 1. The normalized spacial score (nSPS) is 10.8. The third kappa shape index (κ3) is 2.94. The second-order valence-corrected chi connectivity index (χ2v) is 5.26. The van der Waals surface area contributed by atoms with Crippen LogP contribution in [0.25, 0.3) is 11.0 Å². The van der Waals surface area contributed by atoms with Crippen LogP contribution in [0.15, 0.2) is 42.5 Å². The number of rotatable bonds is 3. The molecule has 0 atom stereocenters. The average molecular weight is 279 g/mol. The minimum atomic E-state index is -0.0812. The number of carbonyl (C=O) groups is 1. The van der Waals surface area contributed by atoms with E-state index in [0.29, 0.717) is 12.1 Å². The summed E-state index contributed by atoms with van der Waals surface area (Å²) < 4.78 is 0. The molecule has 106 valence electrons. The van der Waals surface area contributed by atoms with E-state index in [2.05, 4.69) is 21.4 Å². The minimum absolute atomic E-state index is 0.0812. The molecule has 0 aliphatic carbocycles. The van der Waals surface area contributed by atoms with Crippen molar-refractivity contribution in [1.82, 2.24) is 15.3 Å². The SMILES string of the molecule is Cc1cc(C)cc(C(=O)NCc2nc3ccccc3[nH]2)c1. The van der Waals surface area contributed by atoms with Gasteiger partial charge in [0.15, 0.2) is 0 Å². The van der Waals surface area contributed by atoms with Crippen molar-refractivity contribution in [2.45, 2.75) is 20.4 Å². The van der Waals surface area contributed by atoms with E-state index in [4.69, 9.17) is 0 Å². The van der Waals surface area contributed by atoms with Gasteiger partial charge in [-0.1, -0.05) is 29.3 Å². The van der Waals surface area contributed by atoms with E-state index in [1.54, 1.807) is 0 Å². The van der Waals surface area contributed by atoms with Crippen LogP contribution in [-0.2, 0) is 6.54 Å². The number of hydrogen-bond donors (Lipinski definition) is 2. The number of nitrogens with zero attached hydrogens (tertiary/aromatic N) is 1. The molecule has 21 heavy (non-hydrogen) atoms. The summed E-state index contributed by atoms with van der Waals surface area (Å²) in [6.07, 6.45) is 0. The summed E-state index contributed by atoms with van der Waals surface area (Å²) in [5.74, 6) is 0.677. The number of carbonyl (C=O) groups excluding carboxylic acids is 1. The molecular formula is C17H17N3O. The highest BCUT2D eigenvalue weighted by molar-refractivity contribution is 5.94. The van der Waals surface area contributed by atoms with E-state index < -0.39 is 0 Å². The number of aromatic amines is 1. The van der Waals surface area contributed by atoms with Gasteiger partial charge in [0, 0.05) is 5.56 Å². The number of para-hydroxylation sites is 2. The highest BCUT2D eigenvalue weighted by atomic mass is 16.1. The zero-order valence-electron chi connectivity index (χ0n) is 12.1. The van der Waals surface area contributed by atoms with Crippen LogP contribution in [0.4, 0.5) is 0 Å². The second kappa shape index (κ2) is 5.40. The van der Waals surface area contributed by atoms with Gasteiger partial charge in [-0.15, -0.1) is 0 Å². The quantitative estimate of drug-likeness (QED) is 0.774. The summed E-state index contributed by atoms with van der Waals surface area (Å²) in [6, 6.07) is 13.6. The van der Waals surface area contributed by atoms with Crippen molar-refractivity contribution in [1.29, 1.82) is 0 Å². The maximum Gasteiger partial charge on any atom is 0.251 e. The molecule has 2 N–H and O–H groups in total. The molecule has 0 saturated heterocycles. The van der Waals surface area contributed by atoms with Crippen molar-refractivity contribution in [3.63, 3.8) is 0 Å². The standard InChI is InChI=1S/C17H17N3O/c1-11-7-12(2)9-13(8-11)17(21)18-10-16-19-14-5-3-4-6-15(14)20-16/h3-9H,10H2,1-2H3,(H,18,21)(H,19,20). The number of H-pyrrole nitrogens is 1. The van der Waals surface area contributed by atoms with Crippen molar-refractivity contribution < 1.29 is 4.79 Å². The lowest BCUT2D eigenvalue weighted by Crippen LogP contribution is -2.23. The lowest BCUT2D eigenvalue weighted by molar-refractivity contribution is 0.0950. The Hall–Kier alpha value is -2.62. The van der Waals surface area contributed by atoms with Crippen LogP contribution >= 0.6 is 0 Å².